The van der Waals surface area contributed by atoms with E-state index in [4.69, 9.17) is 11.6 Å². The molecular formula is C24H28ClN7O4. The van der Waals surface area contributed by atoms with Gasteiger partial charge in [-0.25, -0.2) is 14.8 Å². The van der Waals surface area contributed by atoms with Crippen molar-refractivity contribution in [3.8, 4) is 0 Å². The van der Waals surface area contributed by atoms with Crippen LogP contribution in [0.4, 0.5) is 10.6 Å². The van der Waals surface area contributed by atoms with Crippen molar-refractivity contribution in [2.45, 2.75) is 37.8 Å². The van der Waals surface area contributed by atoms with Gasteiger partial charge in [0.2, 0.25) is 11.8 Å². The molecule has 190 valence electrons. The highest BCUT2D eigenvalue weighted by Crippen LogP contribution is 2.30. The average molecular weight is 514 g/mol. The van der Waals surface area contributed by atoms with Crippen LogP contribution in [0, 0.1) is 0 Å². The number of hydrogen-bond donors (Lipinski definition) is 5. The van der Waals surface area contributed by atoms with Crippen LogP contribution in [0.5, 0.6) is 0 Å². The summed E-state index contributed by atoms with van der Waals surface area (Å²) in [5, 5.41) is 19.2. The summed E-state index contributed by atoms with van der Waals surface area (Å²) in [5.41, 5.74) is 0.200. The van der Waals surface area contributed by atoms with Gasteiger partial charge >= 0.3 is 6.09 Å². The summed E-state index contributed by atoms with van der Waals surface area (Å²) in [6.07, 6.45) is 2.92. The molecule has 1 atom stereocenters. The maximum absolute atomic E-state index is 13.6. The van der Waals surface area contributed by atoms with Gasteiger partial charge in [0.05, 0.1) is 11.4 Å². The van der Waals surface area contributed by atoms with Crippen LogP contribution in [0.3, 0.4) is 0 Å². The zero-order valence-corrected chi connectivity index (χ0v) is 20.5. The molecule has 0 aliphatic carbocycles. The van der Waals surface area contributed by atoms with Crippen molar-refractivity contribution in [3.63, 3.8) is 0 Å². The van der Waals surface area contributed by atoms with Crippen LogP contribution < -0.4 is 20.9 Å². The number of benzene rings is 1. The Morgan fingerprint density at radius 2 is 1.89 bits per heavy atom. The van der Waals surface area contributed by atoms with E-state index in [1.165, 1.54) is 13.3 Å². The van der Waals surface area contributed by atoms with Gasteiger partial charge in [-0.1, -0.05) is 23.7 Å². The number of carboxylic acid groups (broad SMARTS) is 1. The van der Waals surface area contributed by atoms with E-state index in [9.17, 15) is 19.5 Å². The fourth-order valence-corrected chi connectivity index (χ4v) is 4.66. The molecule has 0 radical (unpaired) electrons. The molecule has 0 bridgehead atoms. The molecule has 12 heteroatoms. The lowest BCUT2D eigenvalue weighted by Crippen LogP contribution is -2.63. The number of piperidine rings is 1. The molecule has 1 fully saturated rings. The Morgan fingerprint density at radius 1 is 1.17 bits per heavy atom. The Morgan fingerprint density at radius 3 is 2.56 bits per heavy atom. The van der Waals surface area contributed by atoms with Crippen molar-refractivity contribution in [2.24, 2.45) is 0 Å². The van der Waals surface area contributed by atoms with Gasteiger partial charge in [0.25, 0.3) is 0 Å². The van der Waals surface area contributed by atoms with Crippen molar-refractivity contribution in [2.75, 3.05) is 24.5 Å². The number of nitrogens with one attached hydrogen (secondary N) is 4. The van der Waals surface area contributed by atoms with E-state index in [0.29, 0.717) is 36.7 Å². The van der Waals surface area contributed by atoms with Crippen molar-refractivity contribution in [3.05, 3.63) is 53.4 Å². The summed E-state index contributed by atoms with van der Waals surface area (Å²) >= 11 is 6.03. The molecule has 2 aromatic heterocycles. The number of aromatic amines is 1. The maximum Gasteiger partial charge on any atom is 0.405 e. The number of carbonyl (C=O) groups is 3. The Kier molecular flexibility index (Phi) is 7.58. The number of H-pyrrole nitrogens is 1. The highest BCUT2D eigenvalue weighted by molar-refractivity contribution is 6.30. The van der Waals surface area contributed by atoms with E-state index in [2.05, 4.69) is 30.9 Å². The fourth-order valence-electron chi connectivity index (χ4n) is 4.53. The third kappa shape index (κ3) is 5.68. The summed E-state index contributed by atoms with van der Waals surface area (Å²) < 4.78 is 0. The summed E-state index contributed by atoms with van der Waals surface area (Å²) in [6.45, 7) is 2.61. The van der Waals surface area contributed by atoms with E-state index in [1.54, 1.807) is 30.5 Å². The maximum atomic E-state index is 13.6. The number of aromatic nitrogens is 3. The summed E-state index contributed by atoms with van der Waals surface area (Å²) in [5.74, 6) is 0.149. The number of halogens is 1. The molecule has 1 saturated heterocycles. The van der Waals surface area contributed by atoms with E-state index in [1.807, 2.05) is 11.0 Å². The van der Waals surface area contributed by atoms with Crippen molar-refractivity contribution in [1.29, 1.82) is 0 Å². The topological polar surface area (TPSA) is 152 Å². The molecule has 1 aliphatic rings. The van der Waals surface area contributed by atoms with Crippen LogP contribution in [-0.2, 0) is 9.59 Å². The Hall–Kier alpha value is -3.86. The molecule has 1 aromatic carbocycles. The van der Waals surface area contributed by atoms with Crippen LogP contribution in [0.15, 0.2) is 42.9 Å². The Balaban J connectivity index is 1.53. The van der Waals surface area contributed by atoms with E-state index >= 15 is 0 Å². The zero-order valence-electron chi connectivity index (χ0n) is 19.8. The number of amides is 3. The second-order valence-corrected chi connectivity index (χ2v) is 9.22. The quantitative estimate of drug-likeness (QED) is 0.310. The van der Waals surface area contributed by atoms with Gasteiger partial charge < -0.3 is 30.9 Å². The molecular weight excluding hydrogens is 486 g/mol. The number of anilines is 1. The smallest absolute Gasteiger partial charge is 0.405 e. The van der Waals surface area contributed by atoms with Gasteiger partial charge in [0, 0.05) is 37.8 Å². The SMILES string of the molecule is CC(=O)NCCC(NC(=O)C1(NC(=O)O)CCN(c2ncnc3[nH]ccc23)CC1)c1ccc(Cl)cc1. The molecule has 3 amide bonds. The third-order valence-electron chi connectivity index (χ3n) is 6.41. The van der Waals surface area contributed by atoms with Gasteiger partial charge in [-0.2, -0.15) is 0 Å². The first-order chi connectivity index (χ1) is 17.3. The molecule has 0 spiro atoms. The molecule has 3 aromatic rings. The standard InChI is InChI=1S/C24H28ClN7O4/c1-15(33)26-11-7-19(16-2-4-17(25)5-3-16)30-22(34)24(31-23(35)36)8-12-32(13-9-24)21-18-6-10-27-20(18)28-14-29-21/h2-6,10,14,19,31H,7-9,11-13H2,1H3,(H,26,33)(H,30,34)(H,35,36)(H,27,28,29). The minimum atomic E-state index is -1.31. The van der Waals surface area contributed by atoms with Gasteiger partial charge in [0.1, 0.15) is 23.3 Å². The lowest BCUT2D eigenvalue weighted by molar-refractivity contribution is -0.129. The van der Waals surface area contributed by atoms with Crippen molar-refractivity contribution in [1.82, 2.24) is 30.9 Å². The van der Waals surface area contributed by atoms with Crippen LogP contribution in [0.1, 0.15) is 37.8 Å². The lowest BCUT2D eigenvalue weighted by Gasteiger charge is -2.41. The highest BCUT2D eigenvalue weighted by atomic mass is 35.5. The first kappa shape index (κ1) is 25.2. The predicted octanol–water partition coefficient (Wildman–Crippen LogP) is 2.60. The minimum Gasteiger partial charge on any atom is -0.465 e. The average Bonchev–Trinajstić information content (AvgIpc) is 3.33. The van der Waals surface area contributed by atoms with Gasteiger partial charge in [-0.05, 0) is 43.0 Å². The number of carbonyl (C=O) groups excluding carboxylic acids is 2. The minimum absolute atomic E-state index is 0.172. The first-order valence-corrected chi connectivity index (χ1v) is 12.0. The number of hydrogen-bond acceptors (Lipinski definition) is 6. The number of nitrogens with zero attached hydrogens (tertiary/aromatic N) is 3. The van der Waals surface area contributed by atoms with Crippen LogP contribution in [0.2, 0.25) is 5.02 Å². The molecule has 1 unspecified atom stereocenters. The number of fused-ring (bicyclic) bond motifs is 1. The van der Waals surface area contributed by atoms with Gasteiger partial charge in [-0.3, -0.25) is 9.59 Å². The van der Waals surface area contributed by atoms with Crippen LogP contribution in [0.25, 0.3) is 11.0 Å². The third-order valence-corrected chi connectivity index (χ3v) is 6.67. The highest BCUT2D eigenvalue weighted by Gasteiger charge is 2.44. The molecule has 11 nitrogen and oxygen atoms in total. The van der Waals surface area contributed by atoms with Gasteiger partial charge in [-0.15, -0.1) is 0 Å². The molecule has 1 aliphatic heterocycles. The zero-order chi connectivity index (χ0) is 25.7. The van der Waals surface area contributed by atoms with E-state index < -0.39 is 23.6 Å². The Bertz CT molecular complexity index is 1240. The van der Waals surface area contributed by atoms with Crippen molar-refractivity contribution >= 4 is 46.4 Å². The molecule has 3 heterocycles. The van der Waals surface area contributed by atoms with E-state index in [-0.39, 0.29) is 18.7 Å². The van der Waals surface area contributed by atoms with E-state index in [0.717, 1.165) is 16.8 Å². The summed E-state index contributed by atoms with van der Waals surface area (Å²) in [7, 11) is 0. The second-order valence-electron chi connectivity index (χ2n) is 8.79. The summed E-state index contributed by atoms with van der Waals surface area (Å²) in [4.78, 5) is 50.4. The Labute approximate surface area is 212 Å². The normalized spacial score (nSPS) is 15.8. The molecule has 5 N–H and O–H groups in total. The molecule has 0 saturated carbocycles. The van der Waals surface area contributed by atoms with Crippen LogP contribution in [-0.4, -0.2) is 63.1 Å². The van der Waals surface area contributed by atoms with Gasteiger partial charge in [0.15, 0.2) is 0 Å². The predicted molar refractivity (Wildman–Crippen MR) is 135 cm³/mol. The number of rotatable bonds is 8. The largest absolute Gasteiger partial charge is 0.465 e. The first-order valence-electron chi connectivity index (χ1n) is 11.6. The lowest BCUT2D eigenvalue weighted by atomic mass is 9.85. The van der Waals surface area contributed by atoms with Crippen LogP contribution >= 0.6 is 11.6 Å². The molecule has 36 heavy (non-hydrogen) atoms. The molecule has 4 rings (SSSR count). The fraction of sp³-hybridized carbons (Fsp3) is 0.375. The second kappa shape index (κ2) is 10.8. The summed E-state index contributed by atoms with van der Waals surface area (Å²) in [6, 6.07) is 8.49. The monoisotopic (exact) mass is 513 g/mol. The van der Waals surface area contributed by atoms with Crippen molar-refractivity contribution < 1.29 is 19.5 Å².